The van der Waals surface area contributed by atoms with Crippen molar-refractivity contribution in [3.8, 4) is 0 Å². The van der Waals surface area contributed by atoms with Crippen LogP contribution in [0.15, 0.2) is 147 Å². The summed E-state index contributed by atoms with van der Waals surface area (Å²) in [4.78, 5) is 65.6. The van der Waals surface area contributed by atoms with Crippen molar-refractivity contribution in [2.75, 3.05) is 13.1 Å². The SMILES string of the molecule is CC(C)C1=C(C(=O)N2CCC[C@H]2c2n[nH]c(=O)o2)SC2=N[C@@](C)(c3ccc(Cl)cc3)[C@@H](c3ccc(Cl)cc3)N21.CC(C)C1=C(C(=O)O)SC2=N[C@@](C)(c3ccc(Cl)cc3)[C@@H](c3ccc(Cl)cc3)N21.O=c1[nH]nc([C@@H]2CCCN2)o1. The van der Waals surface area contributed by atoms with Crippen LogP contribution in [0.3, 0.4) is 0 Å². The number of halogens is 4. The fraction of sp³-hybridized carbons (Fsp3) is 0.357. The summed E-state index contributed by atoms with van der Waals surface area (Å²) in [5.74, 6) is -1.33. The summed E-state index contributed by atoms with van der Waals surface area (Å²) in [7, 11) is 0. The maximum Gasteiger partial charge on any atom is 0.434 e. The van der Waals surface area contributed by atoms with Crippen LogP contribution in [0.5, 0.6) is 0 Å². The number of H-pyrrole nitrogens is 2. The summed E-state index contributed by atoms with van der Waals surface area (Å²) >= 11 is 27.4. The predicted molar refractivity (Wildman–Crippen MR) is 309 cm³/mol. The Bertz CT molecular complexity index is 3520. The number of hydrogen-bond acceptors (Lipinski definition) is 15. The first kappa shape index (κ1) is 56.2. The number of aliphatic carboxylic acids is 1. The highest BCUT2D eigenvalue weighted by Gasteiger charge is 2.55. The Hall–Kier alpha value is -6.06. The Morgan fingerprint density at radius 2 is 1.06 bits per heavy atom. The first-order chi connectivity index (χ1) is 37.7. The van der Waals surface area contributed by atoms with E-state index in [-0.39, 0.29) is 47.8 Å². The van der Waals surface area contributed by atoms with Crippen LogP contribution in [-0.4, -0.2) is 75.5 Å². The second-order valence-electron chi connectivity index (χ2n) is 20.7. The van der Waals surface area contributed by atoms with E-state index in [1.54, 1.807) is 4.90 Å². The lowest BCUT2D eigenvalue weighted by Crippen LogP contribution is -2.37. The van der Waals surface area contributed by atoms with Gasteiger partial charge in [-0.25, -0.2) is 34.6 Å². The number of amides is 1. The van der Waals surface area contributed by atoms with Crippen molar-refractivity contribution in [2.24, 2.45) is 21.8 Å². The monoisotopic (exact) mass is 1180 g/mol. The van der Waals surface area contributed by atoms with Gasteiger partial charge in [-0.15, -0.1) is 10.2 Å². The molecule has 0 bridgehead atoms. The number of aliphatic imine (C=N–C) groups is 2. The molecular weight excluding hydrogens is 1130 g/mol. The quantitative estimate of drug-likeness (QED) is 0.100. The first-order valence-electron chi connectivity index (χ1n) is 25.8. The van der Waals surface area contributed by atoms with Crippen molar-refractivity contribution in [2.45, 2.75) is 102 Å². The lowest BCUT2D eigenvalue weighted by molar-refractivity contribution is -0.132. The second-order valence-corrected chi connectivity index (χ2v) is 24.4. The van der Waals surface area contributed by atoms with Crippen molar-refractivity contribution in [1.82, 2.24) is 40.4 Å². The summed E-state index contributed by atoms with van der Waals surface area (Å²) in [6.45, 7) is 14.0. The van der Waals surface area contributed by atoms with E-state index in [4.69, 9.17) is 65.2 Å². The summed E-state index contributed by atoms with van der Waals surface area (Å²) in [6.07, 6.45) is 3.59. The number of likely N-dealkylation sites (tertiary alicyclic amines) is 1. The number of carbonyl (C=O) groups is 2. The minimum Gasteiger partial charge on any atom is -0.477 e. The van der Waals surface area contributed by atoms with Crippen LogP contribution >= 0.6 is 69.9 Å². The number of rotatable bonds is 10. The van der Waals surface area contributed by atoms with E-state index in [2.05, 4.69) is 63.2 Å². The van der Waals surface area contributed by atoms with Crippen LogP contribution in [-0.2, 0) is 20.7 Å². The topological polar surface area (TPSA) is 219 Å². The zero-order valence-corrected chi connectivity index (χ0v) is 48.5. The summed E-state index contributed by atoms with van der Waals surface area (Å²) in [5, 5.41) is 29.4. The number of amidine groups is 2. The molecule has 8 heterocycles. The molecule has 0 radical (unpaired) electrons. The number of carboxylic acids is 1. The molecule has 0 unspecified atom stereocenters. The Labute approximate surface area is 483 Å². The van der Waals surface area contributed by atoms with Gasteiger partial charge < -0.3 is 34.0 Å². The van der Waals surface area contributed by atoms with Crippen molar-refractivity contribution < 1.29 is 23.5 Å². The van der Waals surface area contributed by atoms with Crippen LogP contribution in [0, 0.1) is 11.8 Å². The van der Waals surface area contributed by atoms with Gasteiger partial charge in [0.1, 0.15) is 26.9 Å². The third-order valence-electron chi connectivity index (χ3n) is 14.8. The fourth-order valence-electron chi connectivity index (χ4n) is 11.2. The van der Waals surface area contributed by atoms with Gasteiger partial charge in [0.25, 0.3) is 5.91 Å². The van der Waals surface area contributed by atoms with E-state index in [0.717, 1.165) is 64.6 Å². The third-order valence-corrected chi connectivity index (χ3v) is 17.9. The minimum absolute atomic E-state index is 0.0312. The fourth-order valence-corrected chi connectivity index (χ4v) is 14.3. The number of nitrogens with one attached hydrogen (secondary N) is 3. The Morgan fingerprint density at radius 1 is 0.633 bits per heavy atom. The van der Waals surface area contributed by atoms with Gasteiger partial charge in [0.2, 0.25) is 11.8 Å². The molecule has 2 aromatic heterocycles. The molecule has 6 aliphatic heterocycles. The van der Waals surface area contributed by atoms with E-state index in [1.807, 2.05) is 111 Å². The van der Waals surface area contributed by atoms with Crippen molar-refractivity contribution in [3.05, 3.63) is 193 Å². The van der Waals surface area contributed by atoms with E-state index >= 15 is 0 Å². The van der Waals surface area contributed by atoms with Gasteiger partial charge in [-0.1, -0.05) is 123 Å². The normalized spacial score (nSPS) is 24.2. The molecule has 79 heavy (non-hydrogen) atoms. The number of hydrogen-bond donors (Lipinski definition) is 4. The van der Waals surface area contributed by atoms with Gasteiger partial charge in [0.15, 0.2) is 10.3 Å². The molecule has 4 aromatic carbocycles. The lowest BCUT2D eigenvalue weighted by atomic mass is 9.81. The molecule has 2 saturated heterocycles. The maximum absolute atomic E-state index is 14.1. The predicted octanol–water partition coefficient (Wildman–Crippen LogP) is 12.4. The molecular formula is C56H56Cl4N10O7S2. The highest BCUT2D eigenvalue weighted by molar-refractivity contribution is 8.18. The lowest BCUT2D eigenvalue weighted by Gasteiger charge is -2.37. The number of aromatic amines is 2. The Balaban J connectivity index is 0.000000153. The summed E-state index contributed by atoms with van der Waals surface area (Å²) in [5.41, 5.74) is 4.59. The van der Waals surface area contributed by atoms with Gasteiger partial charge in [-0.2, -0.15) is 0 Å². The molecule has 23 heteroatoms. The summed E-state index contributed by atoms with van der Waals surface area (Å²) in [6, 6.07) is 30.3. The van der Waals surface area contributed by atoms with Crippen molar-refractivity contribution in [3.63, 3.8) is 0 Å². The third kappa shape index (κ3) is 11.0. The second kappa shape index (κ2) is 22.8. The molecule has 6 aliphatic rings. The van der Waals surface area contributed by atoms with Gasteiger partial charge >= 0.3 is 17.5 Å². The van der Waals surface area contributed by atoms with Gasteiger partial charge in [-0.05, 0) is 152 Å². The molecule has 12 rings (SSSR count). The number of nitrogens with zero attached hydrogens (tertiary/aromatic N) is 7. The van der Waals surface area contributed by atoms with Crippen LogP contribution in [0.4, 0.5) is 0 Å². The number of carbonyl (C=O) groups excluding carboxylic acids is 1. The van der Waals surface area contributed by atoms with Gasteiger partial charge in [0.05, 0.1) is 18.1 Å². The zero-order chi connectivity index (χ0) is 56.1. The van der Waals surface area contributed by atoms with E-state index < -0.39 is 28.6 Å². The summed E-state index contributed by atoms with van der Waals surface area (Å²) < 4.78 is 10.0. The zero-order valence-electron chi connectivity index (χ0n) is 43.8. The van der Waals surface area contributed by atoms with Gasteiger partial charge in [0, 0.05) is 38.0 Å². The van der Waals surface area contributed by atoms with Crippen LogP contribution in [0.1, 0.15) is 125 Å². The van der Waals surface area contributed by atoms with E-state index in [9.17, 15) is 24.3 Å². The number of fused-ring (bicyclic) bond motifs is 2. The molecule has 0 saturated carbocycles. The highest BCUT2D eigenvalue weighted by Crippen LogP contribution is 2.58. The average Bonchev–Trinajstić information content (AvgIpc) is 3.99. The number of benzene rings is 4. The first-order valence-corrected chi connectivity index (χ1v) is 28.9. The number of aromatic nitrogens is 4. The molecule has 412 valence electrons. The maximum atomic E-state index is 14.1. The Kier molecular flexibility index (Phi) is 16.2. The van der Waals surface area contributed by atoms with Crippen molar-refractivity contribution >= 4 is 92.1 Å². The smallest absolute Gasteiger partial charge is 0.434 e. The molecule has 4 N–H and O–H groups in total. The van der Waals surface area contributed by atoms with Crippen molar-refractivity contribution in [1.29, 1.82) is 0 Å². The number of carboxylic acid groups (broad SMARTS) is 1. The highest BCUT2D eigenvalue weighted by atomic mass is 35.5. The van der Waals surface area contributed by atoms with Gasteiger partial charge in [-0.3, -0.25) is 4.79 Å². The van der Waals surface area contributed by atoms with E-state index in [1.165, 1.54) is 23.5 Å². The Morgan fingerprint density at radius 3 is 1.47 bits per heavy atom. The number of allylic oxidation sites excluding steroid dienone is 2. The molecule has 0 spiro atoms. The van der Waals surface area contributed by atoms with Crippen LogP contribution in [0.25, 0.3) is 0 Å². The molecule has 1 amide bonds. The molecule has 0 aliphatic carbocycles. The van der Waals surface area contributed by atoms with Crippen LogP contribution in [0.2, 0.25) is 20.1 Å². The minimum atomic E-state index is -0.918. The molecule has 6 aromatic rings. The van der Waals surface area contributed by atoms with Crippen LogP contribution < -0.4 is 16.8 Å². The molecule has 2 fully saturated rings. The largest absolute Gasteiger partial charge is 0.477 e. The molecule has 17 nitrogen and oxygen atoms in total. The average molecular weight is 1190 g/mol. The molecule has 6 atom stereocenters. The number of thioether (sulfide) groups is 2. The van der Waals surface area contributed by atoms with E-state index in [0.29, 0.717) is 53.9 Å². The standard InChI is InChI=1S/C28H27Cl2N5O3S.C22H20Cl2N2O2S.C6H9N3O2/c1-15(2)21-22(25(36)34-14-4-5-20(34)24-32-33-27(37)38-24)39-26-31-28(3,17-8-12-19(30)13-9-17)23(35(21)26)16-6-10-18(29)11-7-16;1-12(2)17-18(20(27)28)29-21-25-22(3,14-6-10-16(24)11-7-14)19(26(17)21)13-4-8-15(23)9-5-13;10-6-9-8-5(11-6)4-2-1-3-7-4/h6-13,15,20,23H,4-5,14H2,1-3H3,(H,33,37);4-12,19H,1-3H3,(H,27,28);4,7H,1-3H2,(H,9,10)/t20-,23+,28-;19-,22+;4-/m010/s1.